The Kier molecular flexibility index (Phi) is 2.76. The predicted molar refractivity (Wildman–Crippen MR) is 77.8 cm³/mol. The molecule has 0 aliphatic rings. The number of fused-ring (bicyclic) bond motifs is 2. The second-order valence-electron chi connectivity index (χ2n) is 5.11. The van der Waals surface area contributed by atoms with Gasteiger partial charge in [-0.2, -0.15) is 5.26 Å². The average molecular weight is 263 g/mol. The first kappa shape index (κ1) is 12.4. The van der Waals surface area contributed by atoms with Gasteiger partial charge in [0.05, 0.1) is 16.5 Å². The molecule has 0 spiro atoms. The smallest absolute Gasteiger partial charge is 0.265 e. The fourth-order valence-corrected chi connectivity index (χ4v) is 2.25. The minimum Gasteiger partial charge on any atom is -0.268 e. The van der Waals surface area contributed by atoms with E-state index in [2.05, 4.69) is 18.8 Å². The van der Waals surface area contributed by atoms with Gasteiger partial charge in [0, 0.05) is 6.20 Å². The molecule has 0 fully saturated rings. The lowest BCUT2D eigenvalue weighted by molar-refractivity contribution is 0.868. The Labute approximate surface area is 115 Å². The lowest BCUT2D eigenvalue weighted by Crippen LogP contribution is -2.15. The fourth-order valence-electron chi connectivity index (χ4n) is 2.25. The standard InChI is InChI=1S/C16H13N3O/c1-10(2)12-4-5-14-13(7-12)16(20)19-9-11(8-17)3-6-15(19)18-14/h3-7,9-10H,1-2H3. The summed E-state index contributed by atoms with van der Waals surface area (Å²) in [5.41, 5.74) is 2.65. The zero-order valence-corrected chi connectivity index (χ0v) is 11.3. The van der Waals surface area contributed by atoms with E-state index in [-0.39, 0.29) is 5.56 Å². The molecule has 3 aromatic rings. The Hall–Kier alpha value is -2.67. The Morgan fingerprint density at radius 3 is 2.75 bits per heavy atom. The first-order valence-electron chi connectivity index (χ1n) is 6.46. The number of rotatable bonds is 1. The summed E-state index contributed by atoms with van der Waals surface area (Å²) in [5.74, 6) is 0.352. The van der Waals surface area contributed by atoms with E-state index in [1.807, 2.05) is 24.3 Å². The Balaban J connectivity index is 2.43. The summed E-state index contributed by atoms with van der Waals surface area (Å²) in [6.07, 6.45) is 1.53. The number of nitriles is 1. The molecule has 0 amide bonds. The molecule has 2 aromatic heterocycles. The van der Waals surface area contributed by atoms with Gasteiger partial charge in [0.25, 0.3) is 5.56 Å². The predicted octanol–water partition coefficient (Wildman–Crippen LogP) is 2.84. The largest absolute Gasteiger partial charge is 0.268 e. The van der Waals surface area contributed by atoms with Crippen LogP contribution >= 0.6 is 0 Å². The fraction of sp³-hybridized carbons (Fsp3) is 0.188. The molecule has 1 aromatic carbocycles. The van der Waals surface area contributed by atoms with Crippen molar-refractivity contribution in [3.05, 3.63) is 58.0 Å². The quantitative estimate of drug-likeness (QED) is 0.634. The molecular formula is C16H13N3O. The van der Waals surface area contributed by atoms with E-state index in [0.29, 0.717) is 28.0 Å². The highest BCUT2D eigenvalue weighted by atomic mass is 16.1. The van der Waals surface area contributed by atoms with E-state index in [1.165, 1.54) is 10.6 Å². The maximum atomic E-state index is 12.5. The molecule has 0 N–H and O–H groups in total. The second kappa shape index (κ2) is 4.46. The maximum absolute atomic E-state index is 12.5. The maximum Gasteiger partial charge on any atom is 0.265 e. The molecule has 0 saturated heterocycles. The van der Waals surface area contributed by atoms with Crippen molar-refractivity contribution in [2.24, 2.45) is 0 Å². The van der Waals surface area contributed by atoms with Gasteiger partial charge in [0.15, 0.2) is 0 Å². The molecule has 2 heterocycles. The molecule has 4 heteroatoms. The van der Waals surface area contributed by atoms with Crippen LogP contribution in [0.4, 0.5) is 0 Å². The highest BCUT2D eigenvalue weighted by Crippen LogP contribution is 2.18. The SMILES string of the molecule is CC(C)c1ccc2nc3ccc(C#N)cn3c(=O)c2c1. The molecule has 0 atom stereocenters. The molecule has 0 unspecified atom stereocenters. The summed E-state index contributed by atoms with van der Waals surface area (Å²) in [6.45, 7) is 4.17. The van der Waals surface area contributed by atoms with Crippen LogP contribution in [0.25, 0.3) is 16.6 Å². The van der Waals surface area contributed by atoms with Gasteiger partial charge in [-0.1, -0.05) is 19.9 Å². The number of benzene rings is 1. The van der Waals surface area contributed by atoms with Crippen LogP contribution in [-0.4, -0.2) is 9.38 Å². The number of hydrogen-bond donors (Lipinski definition) is 0. The second-order valence-corrected chi connectivity index (χ2v) is 5.11. The minimum absolute atomic E-state index is 0.135. The third kappa shape index (κ3) is 1.84. The summed E-state index contributed by atoms with van der Waals surface area (Å²) in [7, 11) is 0. The molecule has 0 aliphatic carbocycles. The van der Waals surface area contributed by atoms with Crippen molar-refractivity contribution >= 4 is 16.6 Å². The number of pyridine rings is 1. The lowest BCUT2D eigenvalue weighted by atomic mass is 10.0. The van der Waals surface area contributed by atoms with Crippen molar-refractivity contribution < 1.29 is 0 Å². The van der Waals surface area contributed by atoms with Crippen molar-refractivity contribution in [3.8, 4) is 6.07 Å². The molecule has 0 aliphatic heterocycles. The van der Waals surface area contributed by atoms with Crippen molar-refractivity contribution in [1.82, 2.24) is 9.38 Å². The van der Waals surface area contributed by atoms with Crippen LogP contribution < -0.4 is 5.56 Å². The molecular weight excluding hydrogens is 250 g/mol. The minimum atomic E-state index is -0.135. The summed E-state index contributed by atoms with van der Waals surface area (Å²) in [4.78, 5) is 17.0. The van der Waals surface area contributed by atoms with Crippen molar-refractivity contribution in [2.45, 2.75) is 19.8 Å². The van der Waals surface area contributed by atoms with E-state index >= 15 is 0 Å². The van der Waals surface area contributed by atoms with Gasteiger partial charge in [-0.05, 0) is 35.7 Å². The van der Waals surface area contributed by atoms with Gasteiger partial charge in [0.2, 0.25) is 0 Å². The molecule has 0 radical (unpaired) electrons. The van der Waals surface area contributed by atoms with Crippen LogP contribution in [0, 0.1) is 11.3 Å². The lowest BCUT2D eigenvalue weighted by Gasteiger charge is -2.08. The highest BCUT2D eigenvalue weighted by Gasteiger charge is 2.08. The van der Waals surface area contributed by atoms with E-state index in [0.717, 1.165) is 5.56 Å². The zero-order chi connectivity index (χ0) is 14.3. The first-order valence-corrected chi connectivity index (χ1v) is 6.46. The summed E-state index contributed by atoms with van der Waals surface area (Å²) in [5, 5.41) is 9.52. The zero-order valence-electron chi connectivity index (χ0n) is 11.3. The monoisotopic (exact) mass is 263 g/mol. The molecule has 4 nitrogen and oxygen atoms in total. The van der Waals surface area contributed by atoms with Crippen LogP contribution in [0.2, 0.25) is 0 Å². The van der Waals surface area contributed by atoms with Crippen LogP contribution in [0.5, 0.6) is 0 Å². The van der Waals surface area contributed by atoms with Crippen molar-refractivity contribution in [3.63, 3.8) is 0 Å². The third-order valence-electron chi connectivity index (χ3n) is 3.43. The summed E-state index contributed by atoms with van der Waals surface area (Å²) in [6, 6.07) is 11.2. The summed E-state index contributed by atoms with van der Waals surface area (Å²) < 4.78 is 1.44. The Morgan fingerprint density at radius 1 is 1.25 bits per heavy atom. The Bertz CT molecular complexity index is 917. The number of nitrogens with zero attached hydrogens (tertiary/aromatic N) is 3. The molecule has 3 rings (SSSR count). The summed E-state index contributed by atoms with van der Waals surface area (Å²) >= 11 is 0. The first-order chi connectivity index (χ1) is 9.60. The van der Waals surface area contributed by atoms with Crippen molar-refractivity contribution in [2.75, 3.05) is 0 Å². The van der Waals surface area contributed by atoms with Crippen LogP contribution in [0.1, 0.15) is 30.9 Å². The molecule has 98 valence electrons. The van der Waals surface area contributed by atoms with Gasteiger partial charge in [0.1, 0.15) is 11.7 Å². The van der Waals surface area contributed by atoms with E-state index in [1.54, 1.807) is 12.1 Å². The van der Waals surface area contributed by atoms with Gasteiger partial charge in [-0.25, -0.2) is 4.98 Å². The number of aromatic nitrogens is 2. The third-order valence-corrected chi connectivity index (χ3v) is 3.43. The highest BCUT2D eigenvalue weighted by molar-refractivity contribution is 5.80. The van der Waals surface area contributed by atoms with E-state index in [9.17, 15) is 4.79 Å². The molecule has 20 heavy (non-hydrogen) atoms. The van der Waals surface area contributed by atoms with Gasteiger partial charge >= 0.3 is 0 Å². The normalized spacial score (nSPS) is 11.1. The van der Waals surface area contributed by atoms with Crippen LogP contribution in [0.3, 0.4) is 0 Å². The molecule has 0 bridgehead atoms. The van der Waals surface area contributed by atoms with Crippen LogP contribution in [-0.2, 0) is 0 Å². The number of hydrogen-bond acceptors (Lipinski definition) is 3. The topological polar surface area (TPSA) is 58.2 Å². The van der Waals surface area contributed by atoms with Crippen molar-refractivity contribution in [1.29, 1.82) is 5.26 Å². The van der Waals surface area contributed by atoms with Crippen LogP contribution in [0.15, 0.2) is 41.3 Å². The van der Waals surface area contributed by atoms with E-state index < -0.39 is 0 Å². The van der Waals surface area contributed by atoms with E-state index in [4.69, 9.17) is 5.26 Å². The van der Waals surface area contributed by atoms with Gasteiger partial charge in [-0.15, -0.1) is 0 Å². The Morgan fingerprint density at radius 2 is 2.05 bits per heavy atom. The van der Waals surface area contributed by atoms with Gasteiger partial charge < -0.3 is 0 Å². The average Bonchev–Trinajstić information content (AvgIpc) is 2.47. The molecule has 0 saturated carbocycles. The van der Waals surface area contributed by atoms with Gasteiger partial charge in [-0.3, -0.25) is 9.20 Å².